The molecule has 412 valence electrons. The summed E-state index contributed by atoms with van der Waals surface area (Å²) >= 11 is 0. The lowest BCUT2D eigenvalue weighted by Gasteiger charge is -2.22. The Morgan fingerprint density at radius 3 is 1.13 bits per heavy atom. The number of carbonyl (C=O) groups excluding carboxylic acids is 2. The summed E-state index contributed by atoms with van der Waals surface area (Å²) in [6.45, 7) is 4.92. The van der Waals surface area contributed by atoms with Crippen LogP contribution < -0.4 is 5.32 Å². The highest BCUT2D eigenvalue weighted by atomic mass is 16.5. The predicted octanol–water partition coefficient (Wildman–Crippen LogP) is 19.6. The van der Waals surface area contributed by atoms with E-state index in [4.69, 9.17) is 4.74 Å². The fourth-order valence-corrected chi connectivity index (χ4v) is 9.61. The molecule has 0 aromatic carbocycles. The predicted molar refractivity (Wildman–Crippen MR) is 306 cm³/mol. The maximum absolute atomic E-state index is 12.4. The molecule has 0 aromatic heterocycles. The Hall–Kier alpha value is -1.92. The van der Waals surface area contributed by atoms with Crippen LogP contribution in [0.2, 0.25) is 0 Å². The summed E-state index contributed by atoms with van der Waals surface area (Å²) in [7, 11) is 0. The Kier molecular flexibility index (Phi) is 58.0. The Balaban J connectivity index is 3.36. The quantitative estimate of drug-likeness (QED) is 0.0321. The highest BCUT2D eigenvalue weighted by molar-refractivity contribution is 5.76. The molecule has 3 N–H and O–H groups in total. The van der Waals surface area contributed by atoms with Crippen LogP contribution in [-0.4, -0.2) is 47.4 Å². The highest BCUT2D eigenvalue weighted by Gasteiger charge is 2.20. The Morgan fingerprint density at radius 2 is 0.714 bits per heavy atom. The Morgan fingerprint density at radius 1 is 0.400 bits per heavy atom. The van der Waals surface area contributed by atoms with Gasteiger partial charge in [0, 0.05) is 12.8 Å². The Bertz CT molecular complexity index is 1130. The summed E-state index contributed by atoms with van der Waals surface area (Å²) in [5, 5.41) is 23.2. The van der Waals surface area contributed by atoms with Crippen LogP contribution in [0, 0.1) is 0 Å². The van der Waals surface area contributed by atoms with Gasteiger partial charge in [-0.1, -0.05) is 275 Å². The van der Waals surface area contributed by atoms with E-state index in [2.05, 4.69) is 55.6 Å². The molecule has 0 aliphatic carbocycles. The largest absolute Gasteiger partial charge is 0.466 e. The molecule has 0 rings (SSSR count). The van der Waals surface area contributed by atoms with E-state index < -0.39 is 12.1 Å². The van der Waals surface area contributed by atoms with Gasteiger partial charge in [0.2, 0.25) is 5.91 Å². The molecule has 0 aromatic rings. The van der Waals surface area contributed by atoms with Gasteiger partial charge in [-0.2, -0.15) is 0 Å². The molecule has 1 amide bonds. The third-order valence-corrected chi connectivity index (χ3v) is 14.4. The van der Waals surface area contributed by atoms with Crippen LogP contribution >= 0.6 is 0 Å². The second kappa shape index (κ2) is 59.6. The van der Waals surface area contributed by atoms with E-state index in [1.807, 2.05) is 0 Å². The van der Waals surface area contributed by atoms with Gasteiger partial charge in [0.1, 0.15) is 0 Å². The summed E-state index contributed by atoms with van der Waals surface area (Å²) in [5.41, 5.74) is 0. The molecule has 0 aliphatic rings. The van der Waals surface area contributed by atoms with Gasteiger partial charge in [-0.3, -0.25) is 9.59 Å². The highest BCUT2D eigenvalue weighted by Crippen LogP contribution is 2.17. The molecule has 0 fully saturated rings. The zero-order valence-electron chi connectivity index (χ0n) is 47.0. The van der Waals surface area contributed by atoms with Crippen molar-refractivity contribution in [2.24, 2.45) is 0 Å². The Labute approximate surface area is 436 Å². The summed E-state index contributed by atoms with van der Waals surface area (Å²) < 4.78 is 5.49. The molecule has 2 unspecified atom stereocenters. The van der Waals surface area contributed by atoms with E-state index in [1.165, 1.54) is 250 Å². The van der Waals surface area contributed by atoms with Gasteiger partial charge in [-0.05, 0) is 83.5 Å². The van der Waals surface area contributed by atoms with Crippen molar-refractivity contribution in [1.82, 2.24) is 5.32 Å². The fraction of sp³-hybridized carbons (Fsp3) is 0.875. The number of allylic oxidation sites excluding steroid dienone is 6. The van der Waals surface area contributed by atoms with Crippen molar-refractivity contribution in [3.63, 3.8) is 0 Å². The van der Waals surface area contributed by atoms with Gasteiger partial charge < -0.3 is 20.3 Å². The lowest BCUT2D eigenvalue weighted by molar-refractivity contribution is -0.143. The van der Waals surface area contributed by atoms with Gasteiger partial charge in [-0.25, -0.2) is 0 Å². The first-order valence-corrected chi connectivity index (χ1v) is 31.2. The molecule has 0 spiro atoms. The monoisotopic (exact) mass is 984 g/mol. The standard InChI is InChI=1S/C64H121NO5/c1-3-5-7-9-11-13-15-16-17-28-32-35-38-42-46-50-54-58-64(69)70-59-55-51-47-43-39-36-33-30-27-25-23-21-19-18-20-22-24-26-29-31-34-37-41-45-49-53-57-63(68)65-61(60-66)62(67)56-52-48-44-40-14-12-10-8-6-4-2/h11,13,16-18,20,61-62,66-67H,3-10,12,14-15,19,21-60H2,1-2H3,(H,65,68)/b13-11-,17-16-,20-18-. The molecular weight excluding hydrogens is 863 g/mol. The van der Waals surface area contributed by atoms with E-state index in [-0.39, 0.29) is 18.5 Å². The maximum Gasteiger partial charge on any atom is 0.305 e. The van der Waals surface area contributed by atoms with E-state index in [0.717, 1.165) is 51.4 Å². The van der Waals surface area contributed by atoms with E-state index in [0.29, 0.717) is 25.9 Å². The molecule has 0 radical (unpaired) electrons. The number of rotatable bonds is 58. The molecule has 70 heavy (non-hydrogen) atoms. The van der Waals surface area contributed by atoms with Crippen molar-refractivity contribution >= 4 is 11.9 Å². The second-order valence-corrected chi connectivity index (χ2v) is 21.4. The zero-order valence-corrected chi connectivity index (χ0v) is 47.0. The zero-order chi connectivity index (χ0) is 50.7. The molecule has 6 heteroatoms. The minimum atomic E-state index is -0.664. The SMILES string of the molecule is CCCCC/C=C\C/C=C\CCCCCCCCCC(=O)OCCCCCCCCCCCCCC/C=C\CCCCCCCCCCCCC(=O)NC(CO)C(O)CCCCCCCCCCCC. The van der Waals surface area contributed by atoms with Crippen LogP contribution in [0.3, 0.4) is 0 Å². The first kappa shape index (κ1) is 68.1. The van der Waals surface area contributed by atoms with Crippen LogP contribution in [0.1, 0.15) is 335 Å². The number of aliphatic hydroxyl groups is 2. The lowest BCUT2D eigenvalue weighted by Crippen LogP contribution is -2.45. The number of carbonyl (C=O) groups is 2. The number of hydrogen-bond acceptors (Lipinski definition) is 5. The van der Waals surface area contributed by atoms with Crippen LogP contribution in [-0.2, 0) is 14.3 Å². The second-order valence-electron chi connectivity index (χ2n) is 21.4. The molecule has 0 saturated heterocycles. The van der Waals surface area contributed by atoms with E-state index >= 15 is 0 Å². The number of ether oxygens (including phenoxy) is 1. The third-order valence-electron chi connectivity index (χ3n) is 14.4. The smallest absolute Gasteiger partial charge is 0.305 e. The van der Waals surface area contributed by atoms with Crippen LogP contribution in [0.15, 0.2) is 36.5 Å². The first-order valence-electron chi connectivity index (χ1n) is 31.2. The molecular formula is C64H121NO5. The molecule has 0 saturated carbocycles. The molecule has 0 bridgehead atoms. The van der Waals surface area contributed by atoms with Crippen LogP contribution in [0.4, 0.5) is 0 Å². The molecule has 2 atom stereocenters. The van der Waals surface area contributed by atoms with Gasteiger partial charge >= 0.3 is 5.97 Å². The van der Waals surface area contributed by atoms with E-state index in [1.54, 1.807) is 0 Å². The lowest BCUT2D eigenvalue weighted by atomic mass is 10.0. The number of hydrogen-bond donors (Lipinski definition) is 3. The molecule has 0 heterocycles. The average Bonchev–Trinajstić information content (AvgIpc) is 3.36. The topological polar surface area (TPSA) is 95.9 Å². The normalized spacial score (nSPS) is 12.8. The minimum absolute atomic E-state index is 0.00647. The van der Waals surface area contributed by atoms with E-state index in [9.17, 15) is 19.8 Å². The summed E-state index contributed by atoms with van der Waals surface area (Å²) in [6, 6.07) is -0.541. The number of unbranched alkanes of at least 4 members (excludes halogenated alkanes) is 41. The summed E-state index contributed by atoms with van der Waals surface area (Å²) in [4.78, 5) is 24.5. The van der Waals surface area contributed by atoms with Crippen molar-refractivity contribution in [1.29, 1.82) is 0 Å². The van der Waals surface area contributed by atoms with Gasteiger partial charge in [-0.15, -0.1) is 0 Å². The number of esters is 1. The number of amides is 1. The maximum atomic E-state index is 12.4. The summed E-state index contributed by atoms with van der Waals surface area (Å²) in [6.07, 6.45) is 74.5. The van der Waals surface area contributed by atoms with Crippen LogP contribution in [0.5, 0.6) is 0 Å². The average molecular weight is 985 g/mol. The minimum Gasteiger partial charge on any atom is -0.466 e. The van der Waals surface area contributed by atoms with Crippen LogP contribution in [0.25, 0.3) is 0 Å². The third kappa shape index (κ3) is 55.4. The first-order chi connectivity index (χ1) is 34.5. The van der Waals surface area contributed by atoms with Crippen molar-refractivity contribution in [3.8, 4) is 0 Å². The van der Waals surface area contributed by atoms with Gasteiger partial charge in [0.05, 0.1) is 25.4 Å². The van der Waals surface area contributed by atoms with Crippen molar-refractivity contribution < 1.29 is 24.5 Å². The summed E-state index contributed by atoms with van der Waals surface area (Å²) in [5.74, 6) is -0.0315. The number of aliphatic hydroxyl groups excluding tert-OH is 2. The van der Waals surface area contributed by atoms with Gasteiger partial charge in [0.25, 0.3) is 0 Å². The fourth-order valence-electron chi connectivity index (χ4n) is 9.61. The van der Waals surface area contributed by atoms with Crippen molar-refractivity contribution in [2.45, 2.75) is 347 Å². The van der Waals surface area contributed by atoms with Crippen molar-refractivity contribution in [2.75, 3.05) is 13.2 Å². The molecule has 0 aliphatic heterocycles. The molecule has 6 nitrogen and oxygen atoms in total. The van der Waals surface area contributed by atoms with Gasteiger partial charge in [0.15, 0.2) is 0 Å². The van der Waals surface area contributed by atoms with Crippen molar-refractivity contribution in [3.05, 3.63) is 36.5 Å². The number of nitrogens with one attached hydrogen (secondary N) is 1.